The zero-order valence-corrected chi connectivity index (χ0v) is 18.6. The quantitative estimate of drug-likeness (QED) is 0.429. The summed E-state index contributed by atoms with van der Waals surface area (Å²) in [6.45, 7) is 3.78. The molecule has 0 saturated heterocycles. The van der Waals surface area contributed by atoms with Gasteiger partial charge in [0, 0.05) is 23.2 Å². The van der Waals surface area contributed by atoms with E-state index >= 15 is 0 Å². The number of benzene rings is 2. The molecule has 0 aliphatic carbocycles. The second-order valence-electron chi connectivity index (χ2n) is 7.57. The molecule has 0 bridgehead atoms. The molecule has 4 aromatic rings. The van der Waals surface area contributed by atoms with Gasteiger partial charge in [-0.05, 0) is 61.4 Å². The molecule has 1 atom stereocenters. The molecular formula is C26H24N2O5. The Hall–Kier alpha value is -4.13. The minimum atomic E-state index is -0.749. The number of amides is 1. The van der Waals surface area contributed by atoms with E-state index in [2.05, 4.69) is 10.3 Å². The topological polar surface area (TPSA) is 90.7 Å². The van der Waals surface area contributed by atoms with Gasteiger partial charge in [-0.1, -0.05) is 18.2 Å². The minimum Gasteiger partial charge on any atom is -0.497 e. The number of aryl methyl sites for hydroxylation is 1. The molecule has 2 heterocycles. The molecule has 168 valence electrons. The van der Waals surface area contributed by atoms with Gasteiger partial charge in [-0.2, -0.15) is 0 Å². The number of carbonyl (C=O) groups excluding carboxylic acids is 1. The van der Waals surface area contributed by atoms with E-state index in [-0.39, 0.29) is 5.91 Å². The van der Waals surface area contributed by atoms with Crippen LogP contribution in [-0.4, -0.2) is 24.1 Å². The highest BCUT2D eigenvalue weighted by atomic mass is 16.5. The van der Waals surface area contributed by atoms with Gasteiger partial charge in [0.05, 0.1) is 19.3 Å². The SMILES string of the molecule is COc1ccc(-c2cc(=O)oc3c(C)c(O[C@@H](C)C(=O)NCc4ccccn4)ccc23)cc1. The van der Waals surface area contributed by atoms with Gasteiger partial charge in [-0.25, -0.2) is 4.79 Å². The smallest absolute Gasteiger partial charge is 0.336 e. The normalized spacial score (nSPS) is 11.7. The van der Waals surface area contributed by atoms with Crippen molar-refractivity contribution in [2.75, 3.05) is 7.11 Å². The van der Waals surface area contributed by atoms with E-state index in [4.69, 9.17) is 13.9 Å². The van der Waals surface area contributed by atoms with Crippen molar-refractivity contribution in [1.82, 2.24) is 10.3 Å². The van der Waals surface area contributed by atoms with Crippen LogP contribution >= 0.6 is 0 Å². The monoisotopic (exact) mass is 444 g/mol. The van der Waals surface area contributed by atoms with Crippen LogP contribution in [0.5, 0.6) is 11.5 Å². The fourth-order valence-corrected chi connectivity index (χ4v) is 3.55. The Labute approximate surface area is 191 Å². The standard InChI is InChI=1S/C26H24N2O5/c1-16-23(32-17(2)26(30)28-15-19-6-4-5-13-27-19)12-11-21-22(14-24(29)33-25(16)21)18-7-9-20(31-3)10-8-18/h4-14,17H,15H2,1-3H3,(H,28,30)/t17-/m0/s1. The predicted molar refractivity (Wildman–Crippen MR) is 125 cm³/mol. The van der Waals surface area contributed by atoms with Crippen molar-refractivity contribution in [3.63, 3.8) is 0 Å². The molecule has 0 saturated carbocycles. The Bertz CT molecular complexity index is 1330. The number of rotatable bonds is 7. The van der Waals surface area contributed by atoms with Crippen molar-refractivity contribution < 1.29 is 18.7 Å². The zero-order valence-electron chi connectivity index (χ0n) is 18.6. The van der Waals surface area contributed by atoms with Crippen molar-refractivity contribution in [2.24, 2.45) is 0 Å². The zero-order chi connectivity index (χ0) is 23.4. The van der Waals surface area contributed by atoms with Crippen LogP contribution in [0.3, 0.4) is 0 Å². The van der Waals surface area contributed by atoms with E-state index in [0.29, 0.717) is 23.4 Å². The van der Waals surface area contributed by atoms with Gasteiger partial charge < -0.3 is 19.2 Å². The van der Waals surface area contributed by atoms with E-state index in [1.165, 1.54) is 6.07 Å². The molecule has 2 aromatic heterocycles. The molecule has 33 heavy (non-hydrogen) atoms. The predicted octanol–water partition coefficient (Wildman–Crippen LogP) is 4.26. The third-order valence-corrected chi connectivity index (χ3v) is 5.36. The number of aromatic nitrogens is 1. The lowest BCUT2D eigenvalue weighted by Crippen LogP contribution is -2.36. The van der Waals surface area contributed by atoms with Gasteiger partial charge in [0.2, 0.25) is 0 Å². The molecular weight excluding hydrogens is 420 g/mol. The van der Waals surface area contributed by atoms with Gasteiger partial charge in [0.15, 0.2) is 6.10 Å². The number of nitrogens with one attached hydrogen (secondary N) is 1. The number of fused-ring (bicyclic) bond motifs is 1. The third-order valence-electron chi connectivity index (χ3n) is 5.36. The number of hydrogen-bond acceptors (Lipinski definition) is 6. The fourth-order valence-electron chi connectivity index (χ4n) is 3.55. The first-order valence-corrected chi connectivity index (χ1v) is 10.5. The lowest BCUT2D eigenvalue weighted by molar-refractivity contribution is -0.127. The first-order chi connectivity index (χ1) is 16.0. The molecule has 0 aliphatic heterocycles. The van der Waals surface area contributed by atoms with E-state index in [1.807, 2.05) is 48.5 Å². The summed E-state index contributed by atoms with van der Waals surface area (Å²) in [5.41, 5.74) is 2.97. The third kappa shape index (κ3) is 4.87. The molecule has 1 amide bonds. The second kappa shape index (κ2) is 9.56. The van der Waals surface area contributed by atoms with Gasteiger partial charge >= 0.3 is 5.63 Å². The average molecular weight is 444 g/mol. The van der Waals surface area contributed by atoms with Crippen molar-refractivity contribution in [3.8, 4) is 22.6 Å². The van der Waals surface area contributed by atoms with Crippen LogP contribution in [0.15, 0.2) is 76.1 Å². The van der Waals surface area contributed by atoms with Crippen molar-refractivity contribution in [1.29, 1.82) is 0 Å². The Morgan fingerprint density at radius 3 is 2.61 bits per heavy atom. The maximum atomic E-state index is 12.5. The van der Waals surface area contributed by atoms with Crippen molar-refractivity contribution in [2.45, 2.75) is 26.5 Å². The van der Waals surface area contributed by atoms with Gasteiger partial charge in [-0.3, -0.25) is 9.78 Å². The molecule has 1 N–H and O–H groups in total. The summed E-state index contributed by atoms with van der Waals surface area (Å²) in [6, 6.07) is 18.1. The van der Waals surface area contributed by atoms with Crippen LogP contribution in [-0.2, 0) is 11.3 Å². The summed E-state index contributed by atoms with van der Waals surface area (Å²) in [5, 5.41) is 3.59. The number of hydrogen-bond donors (Lipinski definition) is 1. The van der Waals surface area contributed by atoms with Gasteiger partial charge in [-0.15, -0.1) is 0 Å². The number of ether oxygens (including phenoxy) is 2. The van der Waals surface area contributed by atoms with Crippen LogP contribution in [0.2, 0.25) is 0 Å². The first kappa shape index (κ1) is 22.1. The highest BCUT2D eigenvalue weighted by Crippen LogP contribution is 2.34. The van der Waals surface area contributed by atoms with Crippen LogP contribution in [0.25, 0.3) is 22.1 Å². The molecule has 0 fully saturated rings. The van der Waals surface area contributed by atoms with E-state index < -0.39 is 11.7 Å². The Morgan fingerprint density at radius 2 is 1.91 bits per heavy atom. The lowest BCUT2D eigenvalue weighted by atomic mass is 10.00. The number of nitrogens with zero attached hydrogens (tertiary/aromatic N) is 1. The molecule has 7 nitrogen and oxygen atoms in total. The maximum absolute atomic E-state index is 12.5. The van der Waals surface area contributed by atoms with E-state index in [9.17, 15) is 9.59 Å². The van der Waals surface area contributed by atoms with Crippen molar-refractivity contribution in [3.05, 3.63) is 88.5 Å². The summed E-state index contributed by atoms with van der Waals surface area (Å²) in [4.78, 5) is 29.0. The number of carbonyl (C=O) groups is 1. The Kier molecular flexibility index (Phi) is 6.40. The molecule has 0 radical (unpaired) electrons. The van der Waals surface area contributed by atoms with Crippen LogP contribution in [0.4, 0.5) is 0 Å². The largest absolute Gasteiger partial charge is 0.497 e. The fraction of sp³-hybridized carbons (Fsp3) is 0.192. The maximum Gasteiger partial charge on any atom is 0.336 e. The Morgan fingerprint density at radius 1 is 1.12 bits per heavy atom. The van der Waals surface area contributed by atoms with Crippen LogP contribution in [0.1, 0.15) is 18.2 Å². The highest BCUT2D eigenvalue weighted by molar-refractivity contribution is 5.95. The van der Waals surface area contributed by atoms with Gasteiger partial charge in [0.1, 0.15) is 17.1 Å². The molecule has 0 aliphatic rings. The summed E-state index contributed by atoms with van der Waals surface area (Å²) in [6.07, 6.45) is 0.926. The number of methoxy groups -OCH3 is 1. The van der Waals surface area contributed by atoms with E-state index in [0.717, 1.165) is 28.0 Å². The van der Waals surface area contributed by atoms with Crippen LogP contribution in [0, 0.1) is 6.92 Å². The van der Waals surface area contributed by atoms with E-state index in [1.54, 1.807) is 33.2 Å². The second-order valence-corrected chi connectivity index (χ2v) is 7.57. The van der Waals surface area contributed by atoms with Crippen LogP contribution < -0.4 is 20.4 Å². The lowest BCUT2D eigenvalue weighted by Gasteiger charge is -2.17. The summed E-state index contributed by atoms with van der Waals surface area (Å²) in [5.74, 6) is 0.930. The minimum absolute atomic E-state index is 0.270. The number of pyridine rings is 1. The Balaban J connectivity index is 1.58. The highest BCUT2D eigenvalue weighted by Gasteiger charge is 2.18. The molecule has 0 spiro atoms. The van der Waals surface area contributed by atoms with Gasteiger partial charge in [0.25, 0.3) is 5.91 Å². The molecule has 2 aromatic carbocycles. The molecule has 7 heteroatoms. The first-order valence-electron chi connectivity index (χ1n) is 10.5. The summed E-state index contributed by atoms with van der Waals surface area (Å²) in [7, 11) is 1.60. The summed E-state index contributed by atoms with van der Waals surface area (Å²) >= 11 is 0. The molecule has 0 unspecified atom stereocenters. The average Bonchev–Trinajstić information content (AvgIpc) is 2.84. The molecule has 4 rings (SSSR count). The summed E-state index contributed by atoms with van der Waals surface area (Å²) < 4.78 is 16.6. The van der Waals surface area contributed by atoms with Crippen molar-refractivity contribution >= 4 is 16.9 Å².